The molecule has 1 aliphatic rings. The van der Waals surface area contributed by atoms with Gasteiger partial charge in [0.15, 0.2) is 0 Å². The molecule has 8 nitrogen and oxygen atoms in total. The van der Waals surface area contributed by atoms with E-state index in [0.717, 1.165) is 0 Å². The highest BCUT2D eigenvalue weighted by Gasteiger charge is 2.35. The maximum absolute atomic E-state index is 12.4. The van der Waals surface area contributed by atoms with Gasteiger partial charge in [0.05, 0.1) is 47.1 Å². The molecule has 1 aliphatic heterocycles. The number of carbonyl (C=O) groups excluding carboxylic acids is 2. The third-order valence-electron chi connectivity index (χ3n) is 3.49. The molecule has 0 atom stereocenters. The largest absolute Gasteiger partial charge is 0.478 e. The molecule has 10 heteroatoms. The van der Waals surface area contributed by atoms with Gasteiger partial charge in [0, 0.05) is 6.54 Å². The Kier molecular flexibility index (Phi) is 5.89. The molecule has 134 valence electrons. The molecule has 1 aromatic carbocycles. The minimum absolute atomic E-state index is 0.0317. The van der Waals surface area contributed by atoms with Crippen molar-refractivity contribution in [3.05, 3.63) is 39.0 Å². The fraction of sp³-hybridized carbons (Fsp3) is 0.267. The van der Waals surface area contributed by atoms with E-state index in [9.17, 15) is 14.4 Å². The topological polar surface area (TPSA) is 116 Å². The minimum Gasteiger partial charge on any atom is -0.478 e. The Balaban J connectivity index is 2.43. The van der Waals surface area contributed by atoms with Crippen molar-refractivity contribution in [2.75, 3.05) is 32.1 Å². The van der Waals surface area contributed by atoms with Gasteiger partial charge in [0.1, 0.15) is 5.70 Å². The first-order valence-electron chi connectivity index (χ1n) is 7.01. The smallest absolute Gasteiger partial charge is 0.337 e. The SMILES string of the molecule is COC(=O)C1=C(Nc2c(Cl)cc(C(=O)O)cc2Cl)C(=O)N(CCO)C1. The predicted molar refractivity (Wildman–Crippen MR) is 89.8 cm³/mol. The number of benzene rings is 1. The summed E-state index contributed by atoms with van der Waals surface area (Å²) in [6, 6.07) is 2.34. The highest BCUT2D eigenvalue weighted by atomic mass is 35.5. The summed E-state index contributed by atoms with van der Waals surface area (Å²) in [4.78, 5) is 36.6. The summed E-state index contributed by atoms with van der Waals surface area (Å²) in [6.07, 6.45) is 0. The van der Waals surface area contributed by atoms with Gasteiger partial charge in [-0.25, -0.2) is 9.59 Å². The van der Waals surface area contributed by atoms with Crippen LogP contribution in [-0.2, 0) is 14.3 Å². The van der Waals surface area contributed by atoms with Gasteiger partial charge in [-0.1, -0.05) is 23.2 Å². The molecule has 0 aromatic heterocycles. The third kappa shape index (κ3) is 3.87. The second-order valence-electron chi connectivity index (χ2n) is 5.04. The van der Waals surface area contributed by atoms with E-state index in [1.807, 2.05) is 0 Å². The Morgan fingerprint density at radius 1 is 1.32 bits per heavy atom. The second-order valence-corrected chi connectivity index (χ2v) is 5.85. The maximum atomic E-state index is 12.4. The molecule has 0 spiro atoms. The van der Waals surface area contributed by atoms with Crippen molar-refractivity contribution in [1.82, 2.24) is 4.90 Å². The first-order valence-corrected chi connectivity index (χ1v) is 7.76. The summed E-state index contributed by atoms with van der Waals surface area (Å²) in [5.41, 5.74) is -0.0751. The van der Waals surface area contributed by atoms with Gasteiger partial charge in [-0.15, -0.1) is 0 Å². The van der Waals surface area contributed by atoms with Crippen molar-refractivity contribution in [2.45, 2.75) is 0 Å². The number of carboxylic acids is 1. The number of anilines is 1. The third-order valence-corrected chi connectivity index (χ3v) is 4.09. The Bertz CT molecular complexity index is 754. The van der Waals surface area contributed by atoms with E-state index >= 15 is 0 Å². The molecule has 0 saturated heterocycles. The normalized spacial score (nSPS) is 14.1. The molecule has 0 saturated carbocycles. The summed E-state index contributed by atoms with van der Waals surface area (Å²) in [5.74, 6) is -2.47. The van der Waals surface area contributed by atoms with Gasteiger partial charge < -0.3 is 25.2 Å². The molecule has 1 heterocycles. The zero-order chi connectivity index (χ0) is 18.7. The fourth-order valence-electron chi connectivity index (χ4n) is 2.29. The van der Waals surface area contributed by atoms with Crippen molar-refractivity contribution >= 4 is 46.7 Å². The molecule has 2 rings (SSSR count). The number of aliphatic hydroxyl groups excluding tert-OH is 1. The molecule has 1 aromatic rings. The van der Waals surface area contributed by atoms with E-state index in [1.54, 1.807) is 0 Å². The van der Waals surface area contributed by atoms with Crippen LogP contribution in [0.2, 0.25) is 10.0 Å². The number of halogens is 2. The molecule has 0 unspecified atom stereocenters. The van der Waals surface area contributed by atoms with Gasteiger partial charge in [-0.3, -0.25) is 4.79 Å². The lowest BCUT2D eigenvalue weighted by Crippen LogP contribution is -2.31. The average Bonchev–Trinajstić information content (AvgIpc) is 2.86. The van der Waals surface area contributed by atoms with Crippen molar-refractivity contribution in [3.63, 3.8) is 0 Å². The summed E-state index contributed by atoms with van der Waals surface area (Å²) < 4.78 is 4.67. The lowest BCUT2D eigenvalue weighted by atomic mass is 10.2. The van der Waals surface area contributed by atoms with E-state index in [1.165, 1.54) is 24.1 Å². The number of carboxylic acid groups (broad SMARTS) is 1. The van der Waals surface area contributed by atoms with Crippen LogP contribution in [-0.4, -0.2) is 59.8 Å². The molecular formula is C15H14Cl2N2O6. The number of nitrogens with one attached hydrogen (secondary N) is 1. The van der Waals surface area contributed by atoms with Crippen LogP contribution in [0.1, 0.15) is 10.4 Å². The van der Waals surface area contributed by atoms with Crippen LogP contribution in [0, 0.1) is 0 Å². The number of esters is 1. The predicted octanol–water partition coefficient (Wildman–Crippen LogP) is 1.37. The van der Waals surface area contributed by atoms with Crippen molar-refractivity contribution in [2.24, 2.45) is 0 Å². The molecule has 0 radical (unpaired) electrons. The number of aromatic carboxylic acids is 1. The van der Waals surface area contributed by atoms with Crippen LogP contribution in [0.5, 0.6) is 0 Å². The highest BCUT2D eigenvalue weighted by molar-refractivity contribution is 6.40. The average molecular weight is 389 g/mol. The van der Waals surface area contributed by atoms with Gasteiger partial charge in [0.25, 0.3) is 5.91 Å². The number of hydrogen-bond acceptors (Lipinski definition) is 6. The van der Waals surface area contributed by atoms with E-state index in [0.29, 0.717) is 0 Å². The first-order chi connectivity index (χ1) is 11.8. The molecule has 1 amide bonds. The Morgan fingerprint density at radius 3 is 2.40 bits per heavy atom. The summed E-state index contributed by atoms with van der Waals surface area (Å²) >= 11 is 12.1. The first kappa shape index (κ1) is 19.0. The van der Waals surface area contributed by atoms with Crippen LogP contribution in [0.15, 0.2) is 23.4 Å². The number of ether oxygens (including phenoxy) is 1. The lowest BCUT2D eigenvalue weighted by Gasteiger charge is -2.16. The van der Waals surface area contributed by atoms with E-state index in [-0.39, 0.29) is 52.3 Å². The minimum atomic E-state index is -1.21. The van der Waals surface area contributed by atoms with Crippen LogP contribution in [0.3, 0.4) is 0 Å². The number of hydrogen-bond donors (Lipinski definition) is 3. The molecule has 0 fully saturated rings. The van der Waals surface area contributed by atoms with E-state index in [4.69, 9.17) is 33.4 Å². The number of β-amino-alcohol motifs (C(OH)–C–C–N with tert-alkyl or cyclic N) is 1. The summed E-state index contributed by atoms with van der Waals surface area (Å²) in [7, 11) is 1.17. The molecule has 3 N–H and O–H groups in total. The van der Waals surface area contributed by atoms with Crippen LogP contribution in [0.25, 0.3) is 0 Å². The Labute approximate surface area is 152 Å². The van der Waals surface area contributed by atoms with Crippen LogP contribution in [0.4, 0.5) is 5.69 Å². The Hall–Kier alpha value is -2.29. The number of carbonyl (C=O) groups is 3. The number of aliphatic hydroxyl groups is 1. The lowest BCUT2D eigenvalue weighted by molar-refractivity contribution is -0.136. The van der Waals surface area contributed by atoms with Gasteiger partial charge in [0.2, 0.25) is 0 Å². The number of methoxy groups -OCH3 is 1. The molecular weight excluding hydrogens is 375 g/mol. The zero-order valence-corrected chi connectivity index (χ0v) is 14.5. The van der Waals surface area contributed by atoms with Gasteiger partial charge >= 0.3 is 11.9 Å². The second kappa shape index (κ2) is 7.73. The van der Waals surface area contributed by atoms with Gasteiger partial charge in [-0.05, 0) is 12.1 Å². The summed E-state index contributed by atoms with van der Waals surface area (Å²) in [6.45, 7) is -0.289. The monoisotopic (exact) mass is 388 g/mol. The van der Waals surface area contributed by atoms with Crippen LogP contribution >= 0.6 is 23.2 Å². The standard InChI is InChI=1S/C15H14Cl2N2O6/c1-25-15(24)8-6-19(2-3-20)13(21)11(8)18-12-9(16)4-7(14(22)23)5-10(12)17/h4-5,18,20H,2-3,6H2,1H3,(H,22,23). The van der Waals surface area contributed by atoms with Crippen molar-refractivity contribution < 1.29 is 29.3 Å². The highest BCUT2D eigenvalue weighted by Crippen LogP contribution is 2.34. The van der Waals surface area contributed by atoms with Crippen molar-refractivity contribution in [1.29, 1.82) is 0 Å². The molecule has 0 bridgehead atoms. The fourth-order valence-corrected chi connectivity index (χ4v) is 2.87. The summed E-state index contributed by atoms with van der Waals surface area (Å²) in [5, 5.41) is 20.7. The molecule has 0 aliphatic carbocycles. The number of nitrogens with zero attached hydrogens (tertiary/aromatic N) is 1. The van der Waals surface area contributed by atoms with E-state index < -0.39 is 17.8 Å². The van der Waals surface area contributed by atoms with Crippen molar-refractivity contribution in [3.8, 4) is 0 Å². The number of rotatable bonds is 6. The zero-order valence-electron chi connectivity index (χ0n) is 13.0. The quantitative estimate of drug-likeness (QED) is 0.630. The molecule has 25 heavy (non-hydrogen) atoms. The number of amides is 1. The van der Waals surface area contributed by atoms with Crippen LogP contribution < -0.4 is 5.32 Å². The van der Waals surface area contributed by atoms with Gasteiger partial charge in [-0.2, -0.15) is 0 Å². The van der Waals surface area contributed by atoms with E-state index in [2.05, 4.69) is 10.1 Å². The Morgan fingerprint density at radius 2 is 1.92 bits per heavy atom. The maximum Gasteiger partial charge on any atom is 0.337 e.